The van der Waals surface area contributed by atoms with Gasteiger partial charge in [-0.3, -0.25) is 4.68 Å². The molecule has 0 aromatic carbocycles. The summed E-state index contributed by atoms with van der Waals surface area (Å²) >= 11 is 0. The number of rotatable bonds is 8. The zero-order valence-electron chi connectivity index (χ0n) is 14.2. The summed E-state index contributed by atoms with van der Waals surface area (Å²) in [5, 5.41) is 7.89. The van der Waals surface area contributed by atoms with Gasteiger partial charge in [0.1, 0.15) is 0 Å². The van der Waals surface area contributed by atoms with E-state index in [2.05, 4.69) is 48.4 Å². The smallest absolute Gasteiger partial charge is 0.0521 e. The van der Waals surface area contributed by atoms with Crippen LogP contribution in [0.1, 0.15) is 64.4 Å². The van der Waals surface area contributed by atoms with Gasteiger partial charge in [0.25, 0.3) is 0 Å². The third kappa shape index (κ3) is 4.57. The van der Waals surface area contributed by atoms with Gasteiger partial charge in [-0.1, -0.05) is 26.2 Å². The maximum absolute atomic E-state index is 4.44. The predicted molar refractivity (Wildman–Crippen MR) is 89.4 cm³/mol. The molecular formula is C18H33N3. The van der Waals surface area contributed by atoms with Crippen LogP contribution in [0.25, 0.3) is 0 Å². The number of unbranched alkanes of at least 4 members (excludes halogenated alkanes) is 1. The van der Waals surface area contributed by atoms with Crippen molar-refractivity contribution in [3.05, 3.63) is 18.0 Å². The minimum atomic E-state index is 0.457. The van der Waals surface area contributed by atoms with Crippen molar-refractivity contribution in [2.75, 3.05) is 13.6 Å². The van der Waals surface area contributed by atoms with Gasteiger partial charge in [-0.2, -0.15) is 5.10 Å². The molecule has 1 fully saturated rings. The van der Waals surface area contributed by atoms with E-state index >= 15 is 0 Å². The molecule has 3 nitrogen and oxygen atoms in total. The summed E-state index contributed by atoms with van der Waals surface area (Å²) in [6.07, 6.45) is 15.3. The van der Waals surface area contributed by atoms with E-state index < -0.39 is 0 Å². The van der Waals surface area contributed by atoms with Crippen molar-refractivity contribution in [1.29, 1.82) is 0 Å². The number of hydrogen-bond donors (Lipinski definition) is 1. The van der Waals surface area contributed by atoms with Crippen molar-refractivity contribution in [2.24, 2.45) is 11.3 Å². The van der Waals surface area contributed by atoms with Crippen LogP contribution in [0.15, 0.2) is 12.4 Å². The molecule has 0 spiro atoms. The molecule has 0 radical (unpaired) electrons. The molecule has 1 aliphatic carbocycles. The highest BCUT2D eigenvalue weighted by molar-refractivity contribution is 5.09. The lowest BCUT2D eigenvalue weighted by atomic mass is 9.67. The number of aryl methyl sites for hydroxylation is 1. The fourth-order valence-electron chi connectivity index (χ4n) is 3.97. The first kappa shape index (κ1) is 16.5. The summed E-state index contributed by atoms with van der Waals surface area (Å²) in [5.41, 5.74) is 1.87. The number of nitrogens with zero attached hydrogens (tertiary/aromatic N) is 2. The molecule has 3 heteroatoms. The van der Waals surface area contributed by atoms with E-state index in [9.17, 15) is 0 Å². The molecule has 0 amide bonds. The lowest BCUT2D eigenvalue weighted by Crippen LogP contribution is -2.38. The Labute approximate surface area is 130 Å². The largest absolute Gasteiger partial charge is 0.319 e. The third-order valence-corrected chi connectivity index (χ3v) is 5.27. The molecule has 0 aliphatic heterocycles. The molecular weight excluding hydrogens is 258 g/mol. The topological polar surface area (TPSA) is 29.9 Å². The van der Waals surface area contributed by atoms with Crippen LogP contribution in [0.5, 0.6) is 0 Å². The van der Waals surface area contributed by atoms with Crippen molar-refractivity contribution in [2.45, 2.75) is 71.8 Å². The number of aromatic nitrogens is 2. The van der Waals surface area contributed by atoms with Crippen LogP contribution in [0.4, 0.5) is 0 Å². The molecule has 0 atom stereocenters. The molecule has 0 unspecified atom stereocenters. The van der Waals surface area contributed by atoms with Gasteiger partial charge in [0.05, 0.1) is 6.20 Å². The number of hydrogen-bond acceptors (Lipinski definition) is 2. The van der Waals surface area contributed by atoms with E-state index in [4.69, 9.17) is 0 Å². The minimum absolute atomic E-state index is 0.457. The van der Waals surface area contributed by atoms with Crippen molar-refractivity contribution in [1.82, 2.24) is 15.1 Å². The molecule has 1 aromatic rings. The van der Waals surface area contributed by atoms with Crippen LogP contribution in [0, 0.1) is 11.3 Å². The lowest BCUT2D eigenvalue weighted by Gasteiger charge is -2.40. The molecule has 0 saturated heterocycles. The van der Waals surface area contributed by atoms with Crippen LogP contribution in [-0.4, -0.2) is 23.4 Å². The standard InChI is InChI=1S/C18H33N3/c1-4-6-7-16-8-10-18(11-9-16,15-19-3)12-17-13-20-21(5-2)14-17/h13-14,16,19H,4-12,15H2,1-3H3. The summed E-state index contributed by atoms with van der Waals surface area (Å²) < 4.78 is 2.05. The second kappa shape index (κ2) is 7.98. The monoisotopic (exact) mass is 291 g/mol. The SMILES string of the molecule is CCCCC1CCC(CNC)(Cc2cnn(CC)c2)CC1. The summed E-state index contributed by atoms with van der Waals surface area (Å²) in [4.78, 5) is 0. The Morgan fingerprint density at radius 2 is 2.10 bits per heavy atom. The van der Waals surface area contributed by atoms with E-state index in [0.29, 0.717) is 5.41 Å². The van der Waals surface area contributed by atoms with Gasteiger partial charge in [0.15, 0.2) is 0 Å². The molecule has 1 aromatic heterocycles. The van der Waals surface area contributed by atoms with E-state index in [-0.39, 0.29) is 0 Å². The highest BCUT2D eigenvalue weighted by atomic mass is 15.3. The second-order valence-corrected chi connectivity index (χ2v) is 7.00. The van der Waals surface area contributed by atoms with Crippen molar-refractivity contribution < 1.29 is 0 Å². The van der Waals surface area contributed by atoms with Crippen LogP contribution in [-0.2, 0) is 13.0 Å². The van der Waals surface area contributed by atoms with Crippen molar-refractivity contribution in [3.8, 4) is 0 Å². The summed E-state index contributed by atoms with van der Waals surface area (Å²) in [7, 11) is 2.10. The Bertz CT molecular complexity index is 402. The van der Waals surface area contributed by atoms with E-state index in [1.54, 1.807) is 0 Å². The average molecular weight is 291 g/mol. The summed E-state index contributed by atoms with van der Waals surface area (Å²) in [6.45, 7) is 6.57. The van der Waals surface area contributed by atoms with Gasteiger partial charge in [-0.25, -0.2) is 0 Å². The average Bonchev–Trinajstić information content (AvgIpc) is 2.94. The number of nitrogens with one attached hydrogen (secondary N) is 1. The zero-order chi connectivity index (χ0) is 15.1. The van der Waals surface area contributed by atoms with Crippen molar-refractivity contribution >= 4 is 0 Å². The predicted octanol–water partition coefficient (Wildman–Crippen LogP) is 4.03. The highest BCUT2D eigenvalue weighted by Gasteiger charge is 2.34. The first-order chi connectivity index (χ1) is 10.2. The third-order valence-electron chi connectivity index (χ3n) is 5.27. The van der Waals surface area contributed by atoms with Crippen LogP contribution >= 0.6 is 0 Å². The fourth-order valence-corrected chi connectivity index (χ4v) is 3.97. The Morgan fingerprint density at radius 1 is 1.33 bits per heavy atom. The maximum atomic E-state index is 4.44. The molecule has 1 aliphatic rings. The normalized spacial score (nSPS) is 26.1. The molecule has 21 heavy (non-hydrogen) atoms. The van der Waals surface area contributed by atoms with Gasteiger partial charge < -0.3 is 5.32 Å². The van der Waals surface area contributed by atoms with E-state index in [1.807, 2.05) is 0 Å². The Morgan fingerprint density at radius 3 is 2.67 bits per heavy atom. The molecule has 1 heterocycles. The zero-order valence-corrected chi connectivity index (χ0v) is 14.2. The van der Waals surface area contributed by atoms with Crippen LogP contribution in [0.2, 0.25) is 0 Å². The molecule has 1 N–H and O–H groups in total. The van der Waals surface area contributed by atoms with Gasteiger partial charge in [0, 0.05) is 19.3 Å². The van der Waals surface area contributed by atoms with Gasteiger partial charge in [0.2, 0.25) is 0 Å². The molecule has 0 bridgehead atoms. The van der Waals surface area contributed by atoms with Gasteiger partial charge >= 0.3 is 0 Å². The molecule has 2 rings (SSSR count). The Balaban J connectivity index is 1.94. The van der Waals surface area contributed by atoms with E-state index in [0.717, 1.165) is 19.0 Å². The molecule has 120 valence electrons. The maximum Gasteiger partial charge on any atom is 0.0521 e. The molecule has 1 saturated carbocycles. The first-order valence-electron chi connectivity index (χ1n) is 8.87. The van der Waals surface area contributed by atoms with Crippen molar-refractivity contribution in [3.63, 3.8) is 0 Å². The van der Waals surface area contributed by atoms with Gasteiger partial charge in [-0.05, 0) is 63.0 Å². The van der Waals surface area contributed by atoms with Crippen LogP contribution in [0.3, 0.4) is 0 Å². The Kier molecular flexibility index (Phi) is 6.28. The Hall–Kier alpha value is -0.830. The quantitative estimate of drug-likeness (QED) is 0.783. The lowest BCUT2D eigenvalue weighted by molar-refractivity contribution is 0.141. The summed E-state index contributed by atoms with van der Waals surface area (Å²) in [6, 6.07) is 0. The highest BCUT2D eigenvalue weighted by Crippen LogP contribution is 2.42. The minimum Gasteiger partial charge on any atom is -0.319 e. The second-order valence-electron chi connectivity index (χ2n) is 7.00. The van der Waals surface area contributed by atoms with Gasteiger partial charge in [-0.15, -0.1) is 0 Å². The van der Waals surface area contributed by atoms with Crippen LogP contribution < -0.4 is 5.32 Å². The summed E-state index contributed by atoms with van der Waals surface area (Å²) in [5.74, 6) is 0.980. The fraction of sp³-hybridized carbons (Fsp3) is 0.833. The first-order valence-corrected chi connectivity index (χ1v) is 8.87. The van der Waals surface area contributed by atoms with E-state index in [1.165, 1.54) is 56.9 Å².